The van der Waals surface area contributed by atoms with Crippen LogP contribution in [0, 0.1) is 0 Å². The number of benzene rings is 2. The molecule has 430 valence electrons. The molecule has 3 N–H and O–H groups in total. The molecule has 0 unspecified atom stereocenters. The third-order valence-electron chi connectivity index (χ3n) is 15.7. The second-order valence-corrected chi connectivity index (χ2v) is 33.1. The summed E-state index contributed by atoms with van der Waals surface area (Å²) in [5.41, 5.74) is 6.10. The van der Waals surface area contributed by atoms with Gasteiger partial charge in [0.25, 0.3) is 11.8 Å². The molecule has 0 saturated carbocycles. The first-order valence-electron chi connectivity index (χ1n) is 27.2. The molecule has 0 bridgehead atoms. The third kappa shape index (κ3) is 13.8. The van der Waals surface area contributed by atoms with Crippen molar-refractivity contribution >= 4 is 46.1 Å². The molecule has 7 heterocycles. The van der Waals surface area contributed by atoms with Crippen molar-refractivity contribution in [2.45, 2.75) is 130 Å². The highest BCUT2D eigenvalue weighted by molar-refractivity contribution is 6.74. The number of carbonyl (C=O) groups excluding carboxylic acids is 3. The second-order valence-electron chi connectivity index (χ2n) is 23.5. The van der Waals surface area contributed by atoms with Gasteiger partial charge < -0.3 is 39.2 Å². The van der Waals surface area contributed by atoms with Crippen LogP contribution in [0.1, 0.15) is 110 Å². The molecular weight excluding hydrogens is 1060 g/mol. The summed E-state index contributed by atoms with van der Waals surface area (Å²) in [5.74, 6) is 2.05. The molecule has 2 aromatic carbocycles. The number of hydrogen-bond acceptors (Lipinski definition) is 17. The topological polar surface area (TPSA) is 258 Å². The van der Waals surface area contributed by atoms with E-state index in [1.54, 1.807) is 64.1 Å². The molecule has 81 heavy (non-hydrogen) atoms. The van der Waals surface area contributed by atoms with E-state index in [0.717, 1.165) is 36.2 Å². The Morgan fingerprint density at radius 2 is 1.17 bits per heavy atom. The Kier molecular flexibility index (Phi) is 18.1. The van der Waals surface area contributed by atoms with Gasteiger partial charge in [0.05, 0.1) is 50.6 Å². The number of methoxy groups -OCH3 is 2. The summed E-state index contributed by atoms with van der Waals surface area (Å²) >= 11 is 0. The normalized spacial score (nSPS) is 14.4. The molecule has 9 rings (SSSR count). The number of imidazole rings is 1. The number of nitrogens with zero attached hydrogens (tertiary/aromatic N) is 13. The van der Waals surface area contributed by atoms with E-state index in [1.807, 2.05) is 44.2 Å². The number of nitrogens with one attached hydrogen (secondary N) is 3. The van der Waals surface area contributed by atoms with Crippen molar-refractivity contribution in [3.05, 3.63) is 113 Å². The Balaban J connectivity index is 0.000000216. The largest absolute Gasteiger partial charge is 0.496 e. The van der Waals surface area contributed by atoms with Crippen molar-refractivity contribution in [1.29, 1.82) is 0 Å². The fraction of sp³-hybridized carbons (Fsp3) is 0.464. The Hall–Kier alpha value is -7.59. The SMILES string of the molecule is COc1cc2c(cc1C(=O)Nc1cccc(-c3nnnn3[C@H](C)CO[Si](C)(C)C(C)(C)C)n1)CN(C(=O)n1ccnc1)CC2.COc1cc2c(cc1C(=O)Nc1cccc(-c3nnnn3[C@H](C)CO[Si](C)(C)C(C)(C)C)n1)CNCC2. The number of amides is 3. The first-order chi connectivity index (χ1) is 38.4. The van der Waals surface area contributed by atoms with Crippen molar-refractivity contribution in [3.8, 4) is 34.5 Å². The number of hydrogen-bond donors (Lipinski definition) is 3. The molecule has 2 aliphatic rings. The minimum atomic E-state index is -1.95. The van der Waals surface area contributed by atoms with Crippen LogP contribution < -0.4 is 25.4 Å². The van der Waals surface area contributed by atoms with Crippen molar-refractivity contribution in [2.24, 2.45) is 0 Å². The van der Waals surface area contributed by atoms with Crippen molar-refractivity contribution in [2.75, 3.05) is 51.2 Å². The van der Waals surface area contributed by atoms with Gasteiger partial charge in [0.1, 0.15) is 40.8 Å². The van der Waals surface area contributed by atoms with E-state index in [2.05, 4.69) is 130 Å². The van der Waals surface area contributed by atoms with E-state index in [4.69, 9.17) is 18.3 Å². The summed E-state index contributed by atoms with van der Waals surface area (Å²) < 4.78 is 28.8. The summed E-state index contributed by atoms with van der Waals surface area (Å²) in [7, 11) is -0.757. The summed E-state index contributed by atoms with van der Waals surface area (Å²) in [6.07, 6.45) is 6.22. The average molecular weight is 1140 g/mol. The van der Waals surface area contributed by atoms with Crippen molar-refractivity contribution < 1.29 is 32.7 Å². The molecule has 0 radical (unpaired) electrons. The lowest BCUT2D eigenvalue weighted by Gasteiger charge is -2.36. The van der Waals surface area contributed by atoms with Crippen molar-refractivity contribution in [1.82, 2.24) is 70.2 Å². The zero-order valence-corrected chi connectivity index (χ0v) is 51.0. The molecule has 0 saturated heterocycles. The van der Waals surface area contributed by atoms with Crippen LogP contribution in [0.15, 0.2) is 79.4 Å². The standard InChI is InChI=1S/C30H39N9O4Si.C26H37N7O3Si/c1-20(18-43-44(6,7)30(2,3)4)39-27(34-35-36-39)24-9-8-10-26(32-24)33-28(40)23-15-22-17-37(29(41)38-14-12-31-19-38)13-11-21(22)16-25(23)42-5;1-17(16-36-37(6,7)26(2,3)4)33-24(30-31-32-33)21-9-8-10-23(28-21)29-25(34)20-13-19-15-27-12-11-18(19)14-22(20)35-5/h8-10,12,14-16,19-20H,11,13,17-18H2,1-7H3,(H,32,33,40);8-10,13-14,17,27H,11-12,15-16H2,1-7H3,(H,28,29,34)/t20-;17-/m11/s1. The van der Waals surface area contributed by atoms with Gasteiger partial charge in [0.2, 0.25) is 11.6 Å². The number of pyridine rings is 2. The Morgan fingerprint density at radius 3 is 1.64 bits per heavy atom. The van der Waals surface area contributed by atoms with Crippen LogP contribution in [-0.2, 0) is 34.8 Å². The number of fused-ring (bicyclic) bond motifs is 2. The molecule has 2 aliphatic heterocycles. The van der Waals surface area contributed by atoms with Gasteiger partial charge in [-0.1, -0.05) is 53.7 Å². The molecular formula is C56H76N16O7Si2. The van der Waals surface area contributed by atoms with E-state index in [0.29, 0.717) is 90.0 Å². The van der Waals surface area contributed by atoms with Crippen molar-refractivity contribution in [3.63, 3.8) is 0 Å². The third-order valence-corrected chi connectivity index (χ3v) is 24.7. The van der Waals surface area contributed by atoms with E-state index in [1.165, 1.54) is 23.6 Å². The zero-order chi connectivity index (χ0) is 58.4. The minimum Gasteiger partial charge on any atom is -0.496 e. The quantitative estimate of drug-likeness (QED) is 0.0762. The van der Waals surface area contributed by atoms with Crippen LogP contribution in [-0.4, -0.2) is 140 Å². The second kappa shape index (κ2) is 24.6. The van der Waals surface area contributed by atoms with Crippen LogP contribution >= 0.6 is 0 Å². The number of carbonyl (C=O) groups is 3. The number of rotatable bonds is 16. The summed E-state index contributed by atoms with van der Waals surface area (Å²) in [6.45, 7) is 29.7. The highest BCUT2D eigenvalue weighted by Crippen LogP contribution is 2.39. The van der Waals surface area contributed by atoms with Gasteiger partial charge >= 0.3 is 6.03 Å². The molecule has 25 heteroatoms. The summed E-state index contributed by atoms with van der Waals surface area (Å²) in [5, 5.41) is 33.9. The Labute approximate surface area is 475 Å². The fourth-order valence-electron chi connectivity index (χ4n) is 8.66. The van der Waals surface area contributed by atoms with Crippen LogP contribution in [0.4, 0.5) is 16.4 Å². The first kappa shape index (κ1) is 59.5. The van der Waals surface area contributed by atoms with E-state index >= 15 is 0 Å². The molecule has 0 aliphatic carbocycles. The number of aromatic nitrogens is 12. The highest BCUT2D eigenvalue weighted by atomic mass is 28.4. The summed E-state index contributed by atoms with van der Waals surface area (Å²) in [4.78, 5) is 54.6. The van der Waals surface area contributed by atoms with Crippen LogP contribution in [0.5, 0.6) is 11.5 Å². The van der Waals surface area contributed by atoms with Gasteiger partial charge in [-0.25, -0.2) is 29.1 Å². The van der Waals surface area contributed by atoms with Crippen LogP contribution in [0.3, 0.4) is 0 Å². The van der Waals surface area contributed by atoms with Gasteiger partial charge in [-0.3, -0.25) is 14.2 Å². The van der Waals surface area contributed by atoms with Gasteiger partial charge in [0, 0.05) is 32.0 Å². The number of ether oxygens (including phenoxy) is 2. The molecule has 3 amide bonds. The fourth-order valence-corrected chi connectivity index (χ4v) is 10.8. The van der Waals surface area contributed by atoms with Crippen LogP contribution in [0.25, 0.3) is 23.0 Å². The molecule has 7 aromatic rings. The summed E-state index contributed by atoms with van der Waals surface area (Å²) in [6, 6.07) is 17.8. The lowest BCUT2D eigenvalue weighted by molar-refractivity contribution is 0.101. The molecule has 23 nitrogen and oxygen atoms in total. The smallest absolute Gasteiger partial charge is 0.329 e. The van der Waals surface area contributed by atoms with E-state index in [9.17, 15) is 14.4 Å². The Morgan fingerprint density at radius 1 is 0.679 bits per heavy atom. The number of tetrazole rings is 2. The Bertz CT molecular complexity index is 3350. The van der Waals surface area contributed by atoms with Crippen LogP contribution in [0.2, 0.25) is 36.3 Å². The predicted molar refractivity (Wildman–Crippen MR) is 312 cm³/mol. The van der Waals surface area contributed by atoms with Gasteiger partial charge in [-0.05, 0) is 161 Å². The molecule has 5 aromatic heterocycles. The molecule has 2 atom stereocenters. The maximum absolute atomic E-state index is 13.5. The highest BCUT2D eigenvalue weighted by Gasteiger charge is 2.39. The zero-order valence-electron chi connectivity index (χ0n) is 49.0. The lowest BCUT2D eigenvalue weighted by Crippen LogP contribution is -2.42. The predicted octanol–water partition coefficient (Wildman–Crippen LogP) is 9.03. The lowest BCUT2D eigenvalue weighted by atomic mass is 9.96. The molecule has 0 spiro atoms. The number of anilines is 2. The molecule has 0 fully saturated rings. The minimum absolute atomic E-state index is 0.0856. The van der Waals surface area contributed by atoms with Gasteiger partial charge in [-0.15, -0.1) is 10.2 Å². The van der Waals surface area contributed by atoms with Gasteiger partial charge in [0.15, 0.2) is 16.6 Å². The average Bonchev–Trinajstić information content (AvgIpc) is 4.31. The maximum Gasteiger partial charge on any atom is 0.329 e. The van der Waals surface area contributed by atoms with Gasteiger partial charge in [-0.2, -0.15) is 0 Å². The first-order valence-corrected chi connectivity index (χ1v) is 33.0. The maximum atomic E-state index is 13.5. The monoisotopic (exact) mass is 1140 g/mol. The van der Waals surface area contributed by atoms with E-state index < -0.39 is 16.6 Å². The van der Waals surface area contributed by atoms with E-state index in [-0.39, 0.29) is 40.0 Å².